The number of guanidine groups is 1. The molecule has 1 aliphatic heterocycles. The Balaban J connectivity index is 1.48. The topological polar surface area (TPSA) is 58.1 Å². The standard InChI is InChI=1S/C20H40N4O2/c1-2-21-20(23-12-13-24-14-17-25-18-15-24)22-11-7-4-8-16-26-19-9-5-3-6-10-19/h19H,2-18H2,1H3,(H2,21,22,23). The molecule has 0 aromatic heterocycles. The molecule has 1 saturated heterocycles. The van der Waals surface area contributed by atoms with E-state index in [-0.39, 0.29) is 0 Å². The molecule has 0 amide bonds. The van der Waals surface area contributed by atoms with Crippen molar-refractivity contribution in [3.63, 3.8) is 0 Å². The van der Waals surface area contributed by atoms with Gasteiger partial charge < -0.3 is 20.1 Å². The average molecular weight is 369 g/mol. The summed E-state index contributed by atoms with van der Waals surface area (Å²) in [5.41, 5.74) is 0. The SMILES string of the molecule is CCNC(=NCCCCCOC1CCCCC1)NCCN1CCOCC1. The highest BCUT2D eigenvalue weighted by Crippen LogP contribution is 2.20. The van der Waals surface area contributed by atoms with E-state index >= 15 is 0 Å². The highest BCUT2D eigenvalue weighted by atomic mass is 16.5. The van der Waals surface area contributed by atoms with Crippen LogP contribution in [0.15, 0.2) is 4.99 Å². The van der Waals surface area contributed by atoms with Gasteiger partial charge in [0.15, 0.2) is 5.96 Å². The van der Waals surface area contributed by atoms with Crippen LogP contribution in [-0.2, 0) is 9.47 Å². The minimum atomic E-state index is 0.540. The smallest absolute Gasteiger partial charge is 0.191 e. The Morgan fingerprint density at radius 2 is 1.88 bits per heavy atom. The third-order valence-corrected chi connectivity index (χ3v) is 5.15. The van der Waals surface area contributed by atoms with Gasteiger partial charge >= 0.3 is 0 Å². The molecule has 6 heteroatoms. The zero-order valence-electron chi connectivity index (χ0n) is 16.8. The molecular weight excluding hydrogens is 328 g/mol. The fourth-order valence-electron chi connectivity index (χ4n) is 3.56. The summed E-state index contributed by atoms with van der Waals surface area (Å²) >= 11 is 0. The van der Waals surface area contributed by atoms with Crippen molar-refractivity contribution in [2.75, 3.05) is 59.1 Å². The zero-order chi connectivity index (χ0) is 18.3. The molecule has 0 aromatic carbocycles. The highest BCUT2D eigenvalue weighted by molar-refractivity contribution is 5.79. The van der Waals surface area contributed by atoms with Gasteiger partial charge in [-0.2, -0.15) is 0 Å². The first-order chi connectivity index (χ1) is 12.9. The van der Waals surface area contributed by atoms with Crippen molar-refractivity contribution in [1.29, 1.82) is 0 Å². The minimum absolute atomic E-state index is 0.540. The summed E-state index contributed by atoms with van der Waals surface area (Å²) in [6.45, 7) is 10.6. The maximum atomic E-state index is 5.99. The Kier molecular flexibility index (Phi) is 11.7. The van der Waals surface area contributed by atoms with E-state index in [1.165, 1.54) is 38.5 Å². The van der Waals surface area contributed by atoms with E-state index in [0.717, 1.165) is 77.9 Å². The van der Waals surface area contributed by atoms with E-state index in [1.54, 1.807) is 0 Å². The van der Waals surface area contributed by atoms with Crippen LogP contribution < -0.4 is 10.6 Å². The van der Waals surface area contributed by atoms with Crippen molar-refractivity contribution in [3.8, 4) is 0 Å². The maximum absolute atomic E-state index is 5.99. The summed E-state index contributed by atoms with van der Waals surface area (Å²) in [5, 5.41) is 6.78. The van der Waals surface area contributed by atoms with Gasteiger partial charge in [0.2, 0.25) is 0 Å². The fraction of sp³-hybridized carbons (Fsp3) is 0.950. The molecule has 0 bridgehead atoms. The summed E-state index contributed by atoms with van der Waals surface area (Å²) in [4.78, 5) is 7.13. The number of unbranched alkanes of at least 4 members (excludes halogenated alkanes) is 2. The number of ether oxygens (including phenoxy) is 2. The van der Waals surface area contributed by atoms with Crippen molar-refractivity contribution in [3.05, 3.63) is 0 Å². The van der Waals surface area contributed by atoms with Gasteiger partial charge in [-0.15, -0.1) is 0 Å². The fourth-order valence-corrected chi connectivity index (χ4v) is 3.56. The second-order valence-electron chi connectivity index (χ2n) is 7.33. The monoisotopic (exact) mass is 368 g/mol. The predicted molar refractivity (Wildman–Crippen MR) is 108 cm³/mol. The second-order valence-corrected chi connectivity index (χ2v) is 7.33. The Morgan fingerprint density at radius 3 is 2.65 bits per heavy atom. The maximum Gasteiger partial charge on any atom is 0.191 e. The first-order valence-electron chi connectivity index (χ1n) is 10.8. The van der Waals surface area contributed by atoms with E-state index in [4.69, 9.17) is 14.5 Å². The molecule has 2 rings (SSSR count). The van der Waals surface area contributed by atoms with Crippen molar-refractivity contribution in [2.24, 2.45) is 4.99 Å². The number of nitrogens with one attached hydrogen (secondary N) is 2. The third-order valence-electron chi connectivity index (χ3n) is 5.15. The molecule has 26 heavy (non-hydrogen) atoms. The molecule has 2 aliphatic rings. The molecule has 152 valence electrons. The lowest BCUT2D eigenvalue weighted by atomic mass is 9.98. The van der Waals surface area contributed by atoms with Gasteiger partial charge in [0.25, 0.3) is 0 Å². The number of hydrogen-bond acceptors (Lipinski definition) is 4. The van der Waals surface area contributed by atoms with Gasteiger partial charge in [0, 0.05) is 45.9 Å². The van der Waals surface area contributed by atoms with Crippen LogP contribution in [0.5, 0.6) is 0 Å². The lowest BCUT2D eigenvalue weighted by Crippen LogP contribution is -2.44. The minimum Gasteiger partial charge on any atom is -0.379 e. The van der Waals surface area contributed by atoms with Gasteiger partial charge in [-0.3, -0.25) is 9.89 Å². The lowest BCUT2D eigenvalue weighted by Gasteiger charge is -2.26. The van der Waals surface area contributed by atoms with Gasteiger partial charge in [-0.25, -0.2) is 0 Å². The molecule has 0 atom stereocenters. The molecule has 2 N–H and O–H groups in total. The Hall–Kier alpha value is -0.850. The van der Waals surface area contributed by atoms with Gasteiger partial charge in [-0.05, 0) is 39.0 Å². The number of rotatable bonds is 11. The molecule has 1 saturated carbocycles. The largest absolute Gasteiger partial charge is 0.379 e. The van der Waals surface area contributed by atoms with Crippen molar-refractivity contribution < 1.29 is 9.47 Å². The van der Waals surface area contributed by atoms with Crippen molar-refractivity contribution in [2.45, 2.75) is 64.4 Å². The van der Waals surface area contributed by atoms with E-state index in [2.05, 4.69) is 22.5 Å². The number of aliphatic imine (C=N–C) groups is 1. The Labute approximate surface area is 160 Å². The van der Waals surface area contributed by atoms with Gasteiger partial charge in [-0.1, -0.05) is 19.3 Å². The number of morpholine rings is 1. The number of nitrogens with zero attached hydrogens (tertiary/aromatic N) is 2. The Bertz CT molecular complexity index is 367. The molecule has 0 aromatic rings. The summed E-state index contributed by atoms with van der Waals surface area (Å²) in [5.74, 6) is 0.944. The van der Waals surface area contributed by atoms with Crippen LogP contribution in [0.4, 0.5) is 0 Å². The molecular formula is C20H40N4O2. The predicted octanol–water partition coefficient (Wildman–Crippen LogP) is 2.39. The zero-order valence-corrected chi connectivity index (χ0v) is 16.8. The first kappa shape index (κ1) is 21.5. The summed E-state index contributed by atoms with van der Waals surface area (Å²) in [7, 11) is 0. The molecule has 1 aliphatic carbocycles. The third kappa shape index (κ3) is 9.74. The van der Waals surface area contributed by atoms with Crippen LogP contribution in [0.1, 0.15) is 58.3 Å². The van der Waals surface area contributed by atoms with E-state index in [1.807, 2.05) is 0 Å². The molecule has 0 radical (unpaired) electrons. The van der Waals surface area contributed by atoms with Crippen LogP contribution in [0.3, 0.4) is 0 Å². The molecule has 2 fully saturated rings. The molecule has 6 nitrogen and oxygen atoms in total. The number of hydrogen-bond donors (Lipinski definition) is 2. The normalized spacial score (nSPS) is 20.3. The van der Waals surface area contributed by atoms with Crippen LogP contribution in [0.25, 0.3) is 0 Å². The molecule has 0 spiro atoms. The summed E-state index contributed by atoms with van der Waals surface area (Å²) in [6.07, 6.45) is 10.7. The van der Waals surface area contributed by atoms with Crippen LogP contribution in [-0.4, -0.2) is 76.1 Å². The van der Waals surface area contributed by atoms with Gasteiger partial charge in [0.1, 0.15) is 0 Å². The molecule has 1 heterocycles. The van der Waals surface area contributed by atoms with E-state index < -0.39 is 0 Å². The van der Waals surface area contributed by atoms with Crippen LogP contribution in [0, 0.1) is 0 Å². The van der Waals surface area contributed by atoms with Gasteiger partial charge in [0.05, 0.1) is 19.3 Å². The van der Waals surface area contributed by atoms with Crippen molar-refractivity contribution in [1.82, 2.24) is 15.5 Å². The van der Waals surface area contributed by atoms with E-state index in [0.29, 0.717) is 6.10 Å². The van der Waals surface area contributed by atoms with E-state index in [9.17, 15) is 0 Å². The summed E-state index contributed by atoms with van der Waals surface area (Å²) < 4.78 is 11.4. The lowest BCUT2D eigenvalue weighted by molar-refractivity contribution is 0.0264. The second kappa shape index (κ2) is 14.2. The first-order valence-corrected chi connectivity index (χ1v) is 10.8. The quantitative estimate of drug-likeness (QED) is 0.333. The van der Waals surface area contributed by atoms with Crippen molar-refractivity contribution >= 4 is 5.96 Å². The molecule has 0 unspecified atom stereocenters. The summed E-state index contributed by atoms with van der Waals surface area (Å²) in [6, 6.07) is 0. The van der Waals surface area contributed by atoms with Crippen LogP contribution >= 0.6 is 0 Å². The van der Waals surface area contributed by atoms with Crippen LogP contribution in [0.2, 0.25) is 0 Å². The highest BCUT2D eigenvalue weighted by Gasteiger charge is 2.13. The Morgan fingerprint density at radius 1 is 1.08 bits per heavy atom. The average Bonchev–Trinajstić information content (AvgIpc) is 2.69.